The number of anilines is 1. The van der Waals surface area contributed by atoms with Crippen LogP contribution in [0.5, 0.6) is 0 Å². The van der Waals surface area contributed by atoms with Crippen molar-refractivity contribution in [2.24, 2.45) is 0 Å². The number of piperazine rings is 1. The standard InChI is InChI=1S/C18H21N5O2/c24-14-22-8-10-23(11-9-22)17-13-20-16(12-21-17)18(25)19-7-6-15-4-2-1-3-5-15/h1-5,12-14H,6-11H2,(H,19,25). The first-order valence-corrected chi connectivity index (χ1v) is 8.35. The van der Waals surface area contributed by atoms with E-state index in [1.54, 1.807) is 11.1 Å². The molecule has 25 heavy (non-hydrogen) atoms. The number of nitrogens with one attached hydrogen (secondary N) is 1. The molecule has 1 aromatic heterocycles. The lowest BCUT2D eigenvalue weighted by atomic mass is 10.1. The fourth-order valence-electron chi connectivity index (χ4n) is 2.71. The van der Waals surface area contributed by atoms with Gasteiger partial charge in [-0.3, -0.25) is 9.59 Å². The summed E-state index contributed by atoms with van der Waals surface area (Å²) in [7, 11) is 0. The molecule has 2 amide bonds. The van der Waals surface area contributed by atoms with E-state index in [9.17, 15) is 9.59 Å². The summed E-state index contributed by atoms with van der Waals surface area (Å²) in [6.07, 6.45) is 4.76. The number of hydrogen-bond donors (Lipinski definition) is 1. The van der Waals surface area contributed by atoms with Crippen molar-refractivity contribution in [2.45, 2.75) is 6.42 Å². The van der Waals surface area contributed by atoms with E-state index in [1.807, 2.05) is 30.3 Å². The fraction of sp³-hybridized carbons (Fsp3) is 0.333. The highest BCUT2D eigenvalue weighted by molar-refractivity contribution is 5.92. The highest BCUT2D eigenvalue weighted by Crippen LogP contribution is 2.11. The molecule has 1 aliphatic rings. The van der Waals surface area contributed by atoms with Crippen molar-refractivity contribution in [3.05, 3.63) is 54.0 Å². The largest absolute Gasteiger partial charge is 0.352 e. The van der Waals surface area contributed by atoms with Gasteiger partial charge in [0.15, 0.2) is 0 Å². The van der Waals surface area contributed by atoms with E-state index in [1.165, 1.54) is 11.8 Å². The second-order valence-electron chi connectivity index (χ2n) is 5.88. The summed E-state index contributed by atoms with van der Waals surface area (Å²) in [6.45, 7) is 3.34. The van der Waals surface area contributed by atoms with E-state index in [0.717, 1.165) is 31.7 Å². The van der Waals surface area contributed by atoms with Crippen LogP contribution in [0.2, 0.25) is 0 Å². The Labute approximate surface area is 146 Å². The van der Waals surface area contributed by atoms with Gasteiger partial charge in [0.1, 0.15) is 11.5 Å². The van der Waals surface area contributed by atoms with Crippen molar-refractivity contribution >= 4 is 18.1 Å². The molecular weight excluding hydrogens is 318 g/mol. The van der Waals surface area contributed by atoms with Crippen LogP contribution in [-0.4, -0.2) is 59.9 Å². The van der Waals surface area contributed by atoms with Crippen LogP contribution in [0.1, 0.15) is 16.1 Å². The molecule has 0 saturated carbocycles. The molecule has 7 heteroatoms. The van der Waals surface area contributed by atoms with Gasteiger partial charge >= 0.3 is 0 Å². The van der Waals surface area contributed by atoms with Gasteiger partial charge in [-0.2, -0.15) is 0 Å². The SMILES string of the molecule is O=CN1CCN(c2cnc(C(=O)NCCc3ccccc3)cn2)CC1. The molecule has 1 aliphatic heterocycles. The van der Waals surface area contributed by atoms with Gasteiger partial charge in [-0.05, 0) is 12.0 Å². The number of nitrogens with zero attached hydrogens (tertiary/aromatic N) is 4. The minimum atomic E-state index is -0.222. The Kier molecular flexibility index (Phi) is 5.56. The molecule has 2 heterocycles. The Bertz CT molecular complexity index is 697. The minimum absolute atomic E-state index is 0.222. The van der Waals surface area contributed by atoms with Crippen molar-refractivity contribution in [2.75, 3.05) is 37.6 Å². The summed E-state index contributed by atoms with van der Waals surface area (Å²) in [5.41, 5.74) is 1.49. The average Bonchev–Trinajstić information content (AvgIpc) is 2.69. The first-order valence-electron chi connectivity index (χ1n) is 8.35. The molecule has 130 valence electrons. The first kappa shape index (κ1) is 16.9. The Morgan fingerprint density at radius 2 is 1.84 bits per heavy atom. The molecule has 0 bridgehead atoms. The number of amides is 2. The highest BCUT2D eigenvalue weighted by atomic mass is 16.2. The Morgan fingerprint density at radius 1 is 1.08 bits per heavy atom. The maximum Gasteiger partial charge on any atom is 0.271 e. The molecule has 0 radical (unpaired) electrons. The summed E-state index contributed by atoms with van der Waals surface area (Å²) in [6, 6.07) is 10.0. The number of carbonyl (C=O) groups is 2. The molecule has 0 spiro atoms. The number of rotatable bonds is 6. The zero-order valence-electron chi connectivity index (χ0n) is 14.0. The van der Waals surface area contributed by atoms with E-state index in [2.05, 4.69) is 20.2 Å². The van der Waals surface area contributed by atoms with Gasteiger partial charge in [0, 0.05) is 32.7 Å². The van der Waals surface area contributed by atoms with Crippen molar-refractivity contribution in [1.29, 1.82) is 0 Å². The quantitative estimate of drug-likeness (QED) is 0.785. The first-order chi connectivity index (χ1) is 12.3. The van der Waals surface area contributed by atoms with Crippen LogP contribution in [0.4, 0.5) is 5.82 Å². The van der Waals surface area contributed by atoms with E-state index >= 15 is 0 Å². The van der Waals surface area contributed by atoms with E-state index in [4.69, 9.17) is 0 Å². The maximum absolute atomic E-state index is 12.1. The summed E-state index contributed by atoms with van der Waals surface area (Å²) in [5, 5.41) is 2.86. The van der Waals surface area contributed by atoms with E-state index < -0.39 is 0 Å². The van der Waals surface area contributed by atoms with Crippen molar-refractivity contribution in [3.8, 4) is 0 Å². The second-order valence-corrected chi connectivity index (χ2v) is 5.88. The molecule has 1 saturated heterocycles. The Hall–Kier alpha value is -2.96. The third kappa shape index (κ3) is 4.53. The van der Waals surface area contributed by atoms with Crippen LogP contribution in [0.25, 0.3) is 0 Å². The molecular formula is C18H21N5O2. The van der Waals surface area contributed by atoms with Crippen LogP contribution in [0.3, 0.4) is 0 Å². The molecule has 0 atom stereocenters. The van der Waals surface area contributed by atoms with Gasteiger partial charge < -0.3 is 15.1 Å². The lowest BCUT2D eigenvalue weighted by molar-refractivity contribution is -0.118. The summed E-state index contributed by atoms with van der Waals surface area (Å²) in [5.74, 6) is 0.507. The van der Waals surface area contributed by atoms with Crippen molar-refractivity contribution < 1.29 is 9.59 Å². The van der Waals surface area contributed by atoms with Gasteiger partial charge in [-0.1, -0.05) is 30.3 Å². The number of carbonyl (C=O) groups excluding carboxylic acids is 2. The second kappa shape index (κ2) is 8.23. The molecule has 0 aliphatic carbocycles. The summed E-state index contributed by atoms with van der Waals surface area (Å²) >= 11 is 0. The topological polar surface area (TPSA) is 78.4 Å². The average molecular weight is 339 g/mol. The molecule has 1 N–H and O–H groups in total. The van der Waals surface area contributed by atoms with Crippen molar-refractivity contribution in [1.82, 2.24) is 20.2 Å². The monoisotopic (exact) mass is 339 g/mol. The number of benzene rings is 1. The van der Waals surface area contributed by atoms with Gasteiger partial charge in [0.05, 0.1) is 12.4 Å². The normalized spacial score (nSPS) is 14.2. The molecule has 3 rings (SSSR count). The molecule has 1 fully saturated rings. The highest BCUT2D eigenvalue weighted by Gasteiger charge is 2.17. The molecule has 2 aromatic rings. The van der Waals surface area contributed by atoms with Crippen LogP contribution in [0.15, 0.2) is 42.7 Å². The third-order valence-corrected chi connectivity index (χ3v) is 4.20. The van der Waals surface area contributed by atoms with Gasteiger partial charge in [0.25, 0.3) is 5.91 Å². The maximum atomic E-state index is 12.1. The minimum Gasteiger partial charge on any atom is -0.352 e. The van der Waals surface area contributed by atoms with E-state index in [0.29, 0.717) is 25.3 Å². The summed E-state index contributed by atoms with van der Waals surface area (Å²) < 4.78 is 0. The molecule has 0 unspecified atom stereocenters. The molecule has 7 nitrogen and oxygen atoms in total. The van der Waals surface area contributed by atoms with E-state index in [-0.39, 0.29) is 5.91 Å². The lowest BCUT2D eigenvalue weighted by Crippen LogP contribution is -2.46. The Morgan fingerprint density at radius 3 is 2.48 bits per heavy atom. The van der Waals surface area contributed by atoms with Crippen LogP contribution in [0, 0.1) is 0 Å². The van der Waals surface area contributed by atoms with Gasteiger partial charge in [-0.15, -0.1) is 0 Å². The van der Waals surface area contributed by atoms with Gasteiger partial charge in [-0.25, -0.2) is 9.97 Å². The fourth-order valence-corrected chi connectivity index (χ4v) is 2.71. The Balaban J connectivity index is 1.49. The number of aromatic nitrogens is 2. The van der Waals surface area contributed by atoms with Crippen LogP contribution in [-0.2, 0) is 11.2 Å². The molecule has 1 aromatic carbocycles. The van der Waals surface area contributed by atoms with Crippen molar-refractivity contribution in [3.63, 3.8) is 0 Å². The smallest absolute Gasteiger partial charge is 0.271 e. The van der Waals surface area contributed by atoms with Crippen LogP contribution < -0.4 is 10.2 Å². The zero-order valence-corrected chi connectivity index (χ0v) is 14.0. The lowest BCUT2D eigenvalue weighted by Gasteiger charge is -2.33. The summed E-state index contributed by atoms with van der Waals surface area (Å²) in [4.78, 5) is 35.2. The predicted octanol–water partition coefficient (Wildman–Crippen LogP) is 0.727. The van der Waals surface area contributed by atoms with Crippen LogP contribution >= 0.6 is 0 Å². The van der Waals surface area contributed by atoms with Gasteiger partial charge in [0.2, 0.25) is 6.41 Å². The zero-order chi connectivity index (χ0) is 17.5. The number of hydrogen-bond acceptors (Lipinski definition) is 5. The third-order valence-electron chi connectivity index (χ3n) is 4.20. The predicted molar refractivity (Wildman–Crippen MR) is 94.4 cm³/mol.